The van der Waals surface area contributed by atoms with E-state index < -0.39 is 10.0 Å². The van der Waals surface area contributed by atoms with Gasteiger partial charge in [-0.1, -0.05) is 36.0 Å². The maximum atomic E-state index is 12.6. The second-order valence-electron chi connectivity index (χ2n) is 6.38. The molecular weight excluding hydrogens is 418 g/mol. The van der Waals surface area contributed by atoms with Gasteiger partial charge < -0.3 is 5.32 Å². The van der Waals surface area contributed by atoms with Crippen molar-refractivity contribution in [3.63, 3.8) is 0 Å². The van der Waals surface area contributed by atoms with E-state index in [4.69, 9.17) is 0 Å². The molecule has 6 nitrogen and oxygen atoms in total. The van der Waals surface area contributed by atoms with Crippen LogP contribution in [0.3, 0.4) is 0 Å². The molecule has 30 heavy (non-hydrogen) atoms. The van der Waals surface area contributed by atoms with Crippen LogP contribution >= 0.6 is 11.8 Å². The molecule has 1 amide bonds. The molecule has 8 heteroatoms. The van der Waals surface area contributed by atoms with Crippen molar-refractivity contribution in [3.05, 3.63) is 90.6 Å². The van der Waals surface area contributed by atoms with Gasteiger partial charge in [-0.3, -0.25) is 9.52 Å². The molecule has 0 atom stereocenters. The minimum atomic E-state index is -3.65. The van der Waals surface area contributed by atoms with Crippen LogP contribution in [0, 0.1) is 6.92 Å². The highest BCUT2D eigenvalue weighted by Gasteiger charge is 2.16. The topological polar surface area (TPSA) is 88.2 Å². The van der Waals surface area contributed by atoms with Crippen LogP contribution in [0.15, 0.2) is 94.3 Å². The van der Waals surface area contributed by atoms with Gasteiger partial charge in [0.2, 0.25) is 0 Å². The summed E-state index contributed by atoms with van der Waals surface area (Å²) in [6, 6.07) is 17.3. The average Bonchev–Trinajstić information content (AvgIpc) is 2.74. The van der Waals surface area contributed by atoms with Gasteiger partial charge in [0, 0.05) is 23.3 Å². The van der Waals surface area contributed by atoms with Gasteiger partial charge in [-0.15, -0.1) is 6.58 Å². The third-order valence-electron chi connectivity index (χ3n) is 4.12. The fraction of sp³-hybridized carbons (Fsp3) is 0.0909. The van der Waals surface area contributed by atoms with Gasteiger partial charge in [-0.2, -0.15) is 0 Å². The lowest BCUT2D eigenvalue weighted by molar-refractivity contribution is 0.0957. The summed E-state index contributed by atoms with van der Waals surface area (Å²) in [4.78, 5) is 17.3. The number of nitrogens with one attached hydrogen (secondary N) is 2. The highest BCUT2D eigenvalue weighted by Crippen LogP contribution is 2.28. The van der Waals surface area contributed by atoms with Gasteiger partial charge in [-0.25, -0.2) is 13.4 Å². The van der Waals surface area contributed by atoms with Crippen molar-refractivity contribution in [1.29, 1.82) is 0 Å². The predicted octanol–water partition coefficient (Wildman–Crippen LogP) is 4.26. The number of hydrogen-bond acceptors (Lipinski definition) is 5. The third kappa shape index (κ3) is 5.49. The van der Waals surface area contributed by atoms with E-state index in [-0.39, 0.29) is 10.8 Å². The van der Waals surface area contributed by atoms with Gasteiger partial charge in [0.05, 0.1) is 10.5 Å². The van der Waals surface area contributed by atoms with Gasteiger partial charge in [0.15, 0.2) is 0 Å². The van der Waals surface area contributed by atoms with Crippen LogP contribution in [0.5, 0.6) is 0 Å². The third-order valence-corrected chi connectivity index (χ3v) is 6.62. The molecule has 3 rings (SSSR count). The number of carbonyl (C=O) groups excluding carboxylic acids is 1. The summed E-state index contributed by atoms with van der Waals surface area (Å²) >= 11 is 1.42. The standard InChI is InChI=1S/C22H21N3O3S2/c1-3-14-23-22(26)17-8-13-21(24-15-17)29-19-11-9-18(10-12-19)25-30(27,28)20-7-5-4-6-16(20)2/h3-13,15,25H,1,14H2,2H3,(H,23,26). The number of aryl methyl sites for hydroxylation is 1. The summed E-state index contributed by atoms with van der Waals surface area (Å²) in [6.45, 7) is 5.72. The van der Waals surface area contributed by atoms with Crippen molar-refractivity contribution in [3.8, 4) is 0 Å². The van der Waals surface area contributed by atoms with Crippen molar-refractivity contribution in [1.82, 2.24) is 10.3 Å². The molecule has 1 heterocycles. The molecule has 0 saturated carbocycles. The van der Waals surface area contributed by atoms with Crippen molar-refractivity contribution in [2.45, 2.75) is 21.7 Å². The first-order valence-corrected chi connectivity index (χ1v) is 11.4. The summed E-state index contributed by atoms with van der Waals surface area (Å²) < 4.78 is 27.8. The van der Waals surface area contributed by atoms with Gasteiger partial charge >= 0.3 is 0 Å². The number of pyridine rings is 1. The first-order chi connectivity index (χ1) is 14.4. The molecule has 0 aliphatic rings. The van der Waals surface area contributed by atoms with Crippen LogP contribution in [0.2, 0.25) is 0 Å². The zero-order valence-corrected chi connectivity index (χ0v) is 18.0. The molecule has 0 bridgehead atoms. The number of anilines is 1. The Morgan fingerprint density at radius 2 is 1.83 bits per heavy atom. The summed E-state index contributed by atoms with van der Waals surface area (Å²) in [5.74, 6) is -0.204. The van der Waals surface area contributed by atoms with E-state index in [9.17, 15) is 13.2 Å². The van der Waals surface area contributed by atoms with E-state index in [1.54, 1.807) is 61.5 Å². The molecule has 0 radical (unpaired) electrons. The molecule has 0 unspecified atom stereocenters. The predicted molar refractivity (Wildman–Crippen MR) is 119 cm³/mol. The molecule has 0 aliphatic carbocycles. The zero-order valence-electron chi connectivity index (χ0n) is 16.3. The number of amides is 1. The summed E-state index contributed by atoms with van der Waals surface area (Å²) in [7, 11) is -3.65. The fourth-order valence-electron chi connectivity index (χ4n) is 2.62. The molecule has 2 aromatic carbocycles. The fourth-order valence-corrected chi connectivity index (χ4v) is 4.68. The number of carbonyl (C=O) groups is 1. The quantitative estimate of drug-likeness (QED) is 0.512. The number of sulfonamides is 1. The highest BCUT2D eigenvalue weighted by atomic mass is 32.2. The molecule has 2 N–H and O–H groups in total. The summed E-state index contributed by atoms with van der Waals surface area (Å²) in [5.41, 5.74) is 1.64. The SMILES string of the molecule is C=CCNC(=O)c1ccc(Sc2ccc(NS(=O)(=O)c3ccccc3C)cc2)nc1. The zero-order chi connectivity index (χ0) is 21.6. The Labute approximate surface area is 180 Å². The van der Waals surface area contributed by atoms with Crippen molar-refractivity contribution < 1.29 is 13.2 Å². The molecule has 0 fully saturated rings. The molecule has 0 saturated heterocycles. The maximum absolute atomic E-state index is 12.6. The first kappa shape index (κ1) is 21.6. The molecule has 1 aromatic heterocycles. The second-order valence-corrected chi connectivity index (χ2v) is 9.13. The lowest BCUT2D eigenvalue weighted by Gasteiger charge is -2.10. The molecule has 154 valence electrons. The minimum absolute atomic E-state index is 0.204. The average molecular weight is 440 g/mol. The van der Waals surface area contributed by atoms with E-state index in [1.165, 1.54) is 18.0 Å². The lowest BCUT2D eigenvalue weighted by atomic mass is 10.2. The molecule has 0 spiro atoms. The first-order valence-electron chi connectivity index (χ1n) is 9.10. The van der Waals surface area contributed by atoms with E-state index in [0.29, 0.717) is 23.4 Å². The molecule has 3 aromatic rings. The normalized spacial score (nSPS) is 11.0. The van der Waals surface area contributed by atoms with Crippen LogP contribution in [-0.4, -0.2) is 25.9 Å². The summed E-state index contributed by atoms with van der Waals surface area (Å²) in [6.07, 6.45) is 3.13. The Morgan fingerprint density at radius 3 is 2.47 bits per heavy atom. The Bertz CT molecular complexity index is 1140. The van der Waals surface area contributed by atoms with Crippen LogP contribution in [0.4, 0.5) is 5.69 Å². The maximum Gasteiger partial charge on any atom is 0.262 e. The van der Waals surface area contributed by atoms with Crippen LogP contribution in [0.25, 0.3) is 0 Å². The number of nitrogens with zero attached hydrogens (tertiary/aromatic N) is 1. The van der Waals surface area contributed by atoms with E-state index in [0.717, 1.165) is 9.92 Å². The highest BCUT2D eigenvalue weighted by molar-refractivity contribution is 7.99. The van der Waals surface area contributed by atoms with E-state index in [2.05, 4.69) is 21.6 Å². The van der Waals surface area contributed by atoms with Gasteiger partial charge in [0.1, 0.15) is 5.03 Å². The Balaban J connectivity index is 1.65. The Morgan fingerprint density at radius 1 is 1.10 bits per heavy atom. The van der Waals surface area contributed by atoms with Gasteiger partial charge in [-0.05, 0) is 55.0 Å². The van der Waals surface area contributed by atoms with Crippen LogP contribution in [0.1, 0.15) is 15.9 Å². The Hall–Kier alpha value is -3.10. The molecule has 0 aliphatic heterocycles. The van der Waals surface area contributed by atoms with E-state index >= 15 is 0 Å². The van der Waals surface area contributed by atoms with Crippen LogP contribution < -0.4 is 10.0 Å². The number of aromatic nitrogens is 1. The summed E-state index contributed by atoms with van der Waals surface area (Å²) in [5, 5.41) is 3.42. The van der Waals surface area contributed by atoms with Crippen molar-refractivity contribution >= 4 is 33.4 Å². The van der Waals surface area contributed by atoms with Crippen LogP contribution in [-0.2, 0) is 10.0 Å². The largest absolute Gasteiger partial charge is 0.349 e. The number of hydrogen-bond donors (Lipinski definition) is 2. The van der Waals surface area contributed by atoms with Crippen molar-refractivity contribution in [2.24, 2.45) is 0 Å². The minimum Gasteiger partial charge on any atom is -0.349 e. The second kappa shape index (κ2) is 9.60. The lowest BCUT2D eigenvalue weighted by Crippen LogP contribution is -2.23. The molecular formula is C22H21N3O3S2. The van der Waals surface area contributed by atoms with Crippen molar-refractivity contribution in [2.75, 3.05) is 11.3 Å². The smallest absolute Gasteiger partial charge is 0.262 e. The number of rotatable bonds is 8. The number of benzene rings is 2. The Kier molecular flexibility index (Phi) is 6.91. The van der Waals surface area contributed by atoms with E-state index in [1.807, 2.05) is 12.1 Å². The monoisotopic (exact) mass is 439 g/mol. The van der Waals surface area contributed by atoms with Gasteiger partial charge in [0.25, 0.3) is 15.9 Å².